The summed E-state index contributed by atoms with van der Waals surface area (Å²) in [7, 11) is 1.61. The van der Waals surface area contributed by atoms with Crippen molar-refractivity contribution in [2.45, 2.75) is 12.7 Å². The Bertz CT molecular complexity index is 1230. The lowest BCUT2D eigenvalue weighted by atomic mass is 10.1. The molecule has 10 heteroatoms. The molecule has 0 radical (unpaired) electrons. The third-order valence-corrected chi connectivity index (χ3v) is 4.67. The first kappa shape index (κ1) is 20.5. The van der Waals surface area contributed by atoms with E-state index >= 15 is 0 Å². The number of nitrogens with one attached hydrogen (secondary N) is 1. The average Bonchev–Trinajstić information content (AvgIpc) is 3.41. The van der Waals surface area contributed by atoms with Crippen LogP contribution < -0.4 is 10.1 Å². The summed E-state index contributed by atoms with van der Waals surface area (Å²) < 4.78 is 49.4. The summed E-state index contributed by atoms with van der Waals surface area (Å²) in [4.78, 5) is 15.8. The number of benzene rings is 2. The Balaban J connectivity index is 1.41. The van der Waals surface area contributed by atoms with E-state index < -0.39 is 12.1 Å². The second kappa shape index (κ2) is 8.13. The highest BCUT2D eigenvalue weighted by Crippen LogP contribution is 2.29. The van der Waals surface area contributed by atoms with Crippen molar-refractivity contribution in [3.8, 4) is 17.1 Å². The van der Waals surface area contributed by atoms with Gasteiger partial charge in [0.25, 0.3) is 5.91 Å². The molecular weight excluding hydrogens is 413 g/mol. The van der Waals surface area contributed by atoms with Crippen LogP contribution in [0.4, 0.5) is 13.2 Å². The molecule has 4 rings (SSSR count). The Labute approximate surface area is 174 Å². The normalized spacial score (nSPS) is 11.6. The van der Waals surface area contributed by atoms with Gasteiger partial charge in [0.2, 0.25) is 5.82 Å². The number of rotatable bonds is 6. The fourth-order valence-corrected chi connectivity index (χ4v) is 3.15. The molecule has 2 aromatic heterocycles. The minimum Gasteiger partial charge on any atom is -0.497 e. The molecule has 0 spiro atoms. The van der Waals surface area contributed by atoms with E-state index in [0.29, 0.717) is 13.1 Å². The third kappa shape index (κ3) is 4.37. The number of nitrogens with zero attached hydrogens (tertiary/aromatic N) is 3. The monoisotopic (exact) mass is 430 g/mol. The van der Waals surface area contributed by atoms with Crippen LogP contribution in [0.15, 0.2) is 59.3 Å². The number of halogens is 3. The lowest BCUT2D eigenvalue weighted by Gasteiger charge is -2.09. The number of alkyl halides is 3. The fraction of sp³-hybridized carbons (Fsp3) is 0.190. The van der Waals surface area contributed by atoms with E-state index in [9.17, 15) is 18.0 Å². The first-order valence-corrected chi connectivity index (χ1v) is 9.27. The Morgan fingerprint density at radius 3 is 2.77 bits per heavy atom. The van der Waals surface area contributed by atoms with Crippen LogP contribution in [0.5, 0.6) is 5.75 Å². The zero-order valence-corrected chi connectivity index (χ0v) is 16.3. The molecular formula is C21H17F3N4O3. The van der Waals surface area contributed by atoms with Gasteiger partial charge in [0.15, 0.2) is 0 Å². The Hall–Kier alpha value is -3.82. The highest BCUT2D eigenvalue weighted by molar-refractivity contribution is 5.95. The smallest absolute Gasteiger partial charge is 0.471 e. The topological polar surface area (TPSA) is 82.2 Å². The lowest BCUT2D eigenvalue weighted by Crippen LogP contribution is -2.27. The summed E-state index contributed by atoms with van der Waals surface area (Å²) in [5.74, 6) is -1.27. The van der Waals surface area contributed by atoms with Gasteiger partial charge < -0.3 is 19.1 Å². The Kier molecular flexibility index (Phi) is 5.37. The van der Waals surface area contributed by atoms with Gasteiger partial charge in [-0.1, -0.05) is 17.3 Å². The molecule has 0 aliphatic carbocycles. The molecule has 160 valence electrons. The predicted octanol–water partition coefficient (Wildman–Crippen LogP) is 4.15. The van der Waals surface area contributed by atoms with Crippen LogP contribution in [0.2, 0.25) is 0 Å². The van der Waals surface area contributed by atoms with E-state index in [1.807, 2.05) is 35.0 Å². The molecule has 4 aromatic rings. The summed E-state index contributed by atoms with van der Waals surface area (Å²) in [6.07, 6.45) is -2.81. The molecule has 0 saturated carbocycles. The van der Waals surface area contributed by atoms with Crippen LogP contribution in [0, 0.1) is 0 Å². The molecule has 0 atom stereocenters. The van der Waals surface area contributed by atoms with E-state index in [-0.39, 0.29) is 22.9 Å². The number of methoxy groups -OCH3 is 1. The maximum atomic E-state index is 12.6. The minimum absolute atomic E-state index is 0.240. The Morgan fingerprint density at radius 1 is 1.19 bits per heavy atom. The quantitative estimate of drug-likeness (QED) is 0.497. The molecule has 1 amide bonds. The molecule has 7 nitrogen and oxygen atoms in total. The summed E-state index contributed by atoms with van der Waals surface area (Å²) in [5.41, 5.74) is 1.53. The molecule has 0 aliphatic rings. The summed E-state index contributed by atoms with van der Waals surface area (Å²) in [6, 6.07) is 13.7. The molecule has 2 aromatic carbocycles. The second-order valence-electron chi connectivity index (χ2n) is 6.69. The van der Waals surface area contributed by atoms with Crippen LogP contribution in [0.3, 0.4) is 0 Å². The van der Waals surface area contributed by atoms with Gasteiger partial charge in [0.1, 0.15) is 5.75 Å². The molecule has 0 aliphatic heterocycles. The van der Waals surface area contributed by atoms with Gasteiger partial charge in [-0.2, -0.15) is 18.2 Å². The lowest BCUT2D eigenvalue weighted by molar-refractivity contribution is -0.159. The van der Waals surface area contributed by atoms with Gasteiger partial charge in [-0.25, -0.2) is 0 Å². The van der Waals surface area contributed by atoms with E-state index in [4.69, 9.17) is 4.74 Å². The summed E-state index contributed by atoms with van der Waals surface area (Å²) >= 11 is 0. The number of aromatic nitrogens is 3. The molecule has 0 fully saturated rings. The van der Waals surface area contributed by atoms with Gasteiger partial charge in [-0.05, 0) is 36.4 Å². The highest BCUT2D eigenvalue weighted by Gasteiger charge is 2.38. The number of carbonyl (C=O) groups is 1. The standard InChI is InChI=1S/C21H17F3N4O3/c1-30-16-5-6-17-13(12-16)7-9-28(17)10-8-25-19(29)15-4-2-3-14(11-15)18-26-20(31-27-18)21(22,23)24/h2-7,9,11-12H,8,10H2,1H3,(H,25,29). The predicted molar refractivity (Wildman–Crippen MR) is 106 cm³/mol. The minimum atomic E-state index is -4.73. The van der Waals surface area contributed by atoms with Gasteiger partial charge in [0.05, 0.1) is 7.11 Å². The highest BCUT2D eigenvalue weighted by atomic mass is 19.4. The van der Waals surface area contributed by atoms with Crippen molar-refractivity contribution in [2.75, 3.05) is 13.7 Å². The molecule has 0 unspecified atom stereocenters. The van der Waals surface area contributed by atoms with Crippen LogP contribution in [0.1, 0.15) is 16.2 Å². The van der Waals surface area contributed by atoms with Crippen molar-refractivity contribution in [3.05, 3.63) is 66.2 Å². The molecule has 31 heavy (non-hydrogen) atoms. The van der Waals surface area contributed by atoms with Crippen LogP contribution >= 0.6 is 0 Å². The van der Waals surface area contributed by atoms with Gasteiger partial charge in [-0.15, -0.1) is 0 Å². The number of hydrogen-bond donors (Lipinski definition) is 1. The van der Waals surface area contributed by atoms with Crippen molar-refractivity contribution < 1.29 is 27.2 Å². The number of amides is 1. The summed E-state index contributed by atoms with van der Waals surface area (Å²) in [6.45, 7) is 0.903. The second-order valence-corrected chi connectivity index (χ2v) is 6.69. The van der Waals surface area contributed by atoms with E-state index in [0.717, 1.165) is 16.7 Å². The average molecular weight is 430 g/mol. The SMILES string of the molecule is COc1ccc2c(ccn2CCNC(=O)c2cccc(-c3noc(C(F)(F)F)n3)c2)c1. The van der Waals surface area contributed by atoms with Crippen molar-refractivity contribution in [3.63, 3.8) is 0 Å². The van der Waals surface area contributed by atoms with Crippen molar-refractivity contribution in [1.29, 1.82) is 0 Å². The van der Waals surface area contributed by atoms with Crippen LogP contribution in [0.25, 0.3) is 22.3 Å². The van der Waals surface area contributed by atoms with Crippen molar-refractivity contribution in [1.82, 2.24) is 20.0 Å². The van der Waals surface area contributed by atoms with Crippen molar-refractivity contribution >= 4 is 16.8 Å². The maximum absolute atomic E-state index is 12.6. The number of fused-ring (bicyclic) bond motifs is 1. The zero-order chi connectivity index (χ0) is 22.0. The number of carbonyl (C=O) groups excluding carboxylic acids is 1. The molecule has 1 N–H and O–H groups in total. The fourth-order valence-electron chi connectivity index (χ4n) is 3.15. The van der Waals surface area contributed by atoms with E-state index in [2.05, 4.69) is 20.0 Å². The zero-order valence-electron chi connectivity index (χ0n) is 16.3. The summed E-state index contributed by atoms with van der Waals surface area (Å²) in [5, 5.41) is 7.17. The Morgan fingerprint density at radius 2 is 2.03 bits per heavy atom. The van der Waals surface area contributed by atoms with Crippen LogP contribution in [-0.2, 0) is 12.7 Å². The first-order chi connectivity index (χ1) is 14.8. The maximum Gasteiger partial charge on any atom is 0.471 e. The molecule has 2 heterocycles. The van der Waals surface area contributed by atoms with E-state index in [1.54, 1.807) is 19.2 Å². The largest absolute Gasteiger partial charge is 0.497 e. The van der Waals surface area contributed by atoms with Gasteiger partial charge in [-0.3, -0.25) is 4.79 Å². The first-order valence-electron chi connectivity index (χ1n) is 9.27. The molecule has 0 saturated heterocycles. The number of hydrogen-bond acceptors (Lipinski definition) is 5. The third-order valence-electron chi connectivity index (χ3n) is 4.67. The number of ether oxygens (including phenoxy) is 1. The molecule has 0 bridgehead atoms. The van der Waals surface area contributed by atoms with Gasteiger partial charge >= 0.3 is 12.1 Å². The van der Waals surface area contributed by atoms with Crippen LogP contribution in [-0.4, -0.2) is 34.3 Å². The van der Waals surface area contributed by atoms with Gasteiger partial charge in [0, 0.05) is 41.3 Å². The van der Waals surface area contributed by atoms with E-state index in [1.165, 1.54) is 12.1 Å². The van der Waals surface area contributed by atoms with Crippen molar-refractivity contribution in [2.24, 2.45) is 0 Å².